The maximum atomic E-state index is 6.12. The summed E-state index contributed by atoms with van der Waals surface area (Å²) in [4.78, 5) is 4.13. The number of hydrogen-bond acceptors (Lipinski definition) is 3. The van der Waals surface area contributed by atoms with E-state index >= 15 is 0 Å². The molecule has 2 nitrogen and oxygen atoms in total. The average molecular weight is 313 g/mol. The van der Waals surface area contributed by atoms with Gasteiger partial charge in [0.15, 0.2) is 0 Å². The maximum absolute atomic E-state index is 6.12. The molecule has 4 heteroatoms. The van der Waals surface area contributed by atoms with Crippen LogP contribution in [-0.4, -0.2) is 29.6 Å². The van der Waals surface area contributed by atoms with Crippen molar-refractivity contribution in [1.29, 1.82) is 0 Å². The van der Waals surface area contributed by atoms with Crippen LogP contribution in [0.2, 0.25) is 4.34 Å². The van der Waals surface area contributed by atoms with E-state index in [1.165, 1.54) is 43.5 Å². The number of thiophene rings is 1. The van der Waals surface area contributed by atoms with Crippen molar-refractivity contribution in [2.45, 2.75) is 63.6 Å². The average Bonchev–Trinajstić information content (AvgIpc) is 3.08. The van der Waals surface area contributed by atoms with Crippen molar-refractivity contribution in [1.82, 2.24) is 10.2 Å². The first kappa shape index (κ1) is 14.8. The molecule has 20 heavy (non-hydrogen) atoms. The van der Waals surface area contributed by atoms with E-state index in [1.807, 2.05) is 6.07 Å². The Morgan fingerprint density at radius 2 is 2.20 bits per heavy atom. The highest BCUT2D eigenvalue weighted by Gasteiger charge is 2.42. The molecule has 1 aromatic rings. The molecule has 1 N–H and O–H groups in total. The number of halogens is 1. The highest BCUT2D eigenvalue weighted by Crippen LogP contribution is 2.38. The number of nitrogens with zero attached hydrogens (tertiary/aromatic N) is 1. The van der Waals surface area contributed by atoms with Gasteiger partial charge in [-0.15, -0.1) is 11.3 Å². The molecule has 1 aromatic heterocycles. The Labute approximate surface area is 131 Å². The fourth-order valence-electron chi connectivity index (χ4n) is 3.92. The van der Waals surface area contributed by atoms with E-state index in [1.54, 1.807) is 11.3 Å². The highest BCUT2D eigenvalue weighted by atomic mass is 35.5. The molecule has 0 bridgehead atoms. The van der Waals surface area contributed by atoms with E-state index in [2.05, 4.69) is 30.1 Å². The summed E-state index contributed by atoms with van der Waals surface area (Å²) in [5, 5.41) is 3.87. The van der Waals surface area contributed by atoms with Gasteiger partial charge in [-0.1, -0.05) is 31.4 Å². The van der Waals surface area contributed by atoms with Crippen LogP contribution in [0, 0.1) is 0 Å². The zero-order valence-electron chi connectivity index (χ0n) is 12.5. The van der Waals surface area contributed by atoms with Crippen molar-refractivity contribution in [3.05, 3.63) is 21.3 Å². The van der Waals surface area contributed by atoms with Gasteiger partial charge in [0.25, 0.3) is 0 Å². The van der Waals surface area contributed by atoms with Crippen molar-refractivity contribution in [2.75, 3.05) is 13.1 Å². The number of nitrogens with one attached hydrogen (secondary N) is 1. The summed E-state index contributed by atoms with van der Waals surface area (Å²) in [5.74, 6) is 0. The molecule has 0 amide bonds. The summed E-state index contributed by atoms with van der Waals surface area (Å²) in [5.41, 5.74) is 0.390. The van der Waals surface area contributed by atoms with E-state index in [4.69, 9.17) is 11.6 Å². The largest absolute Gasteiger partial charge is 0.308 e. The fourth-order valence-corrected chi connectivity index (χ4v) is 5.05. The normalized spacial score (nSPS) is 28.1. The molecule has 3 rings (SSSR count). The molecule has 2 atom stereocenters. The standard InChI is InChI=1S/C16H25ClN2S/c1-3-13-10-18-16(8-4-5-9-16)11-19(13)12(2)14-6-7-15(17)20-14/h6-7,12-13,18H,3-5,8-11H2,1-2H3. The molecule has 2 aliphatic rings. The van der Waals surface area contributed by atoms with Crippen LogP contribution in [0.4, 0.5) is 0 Å². The SMILES string of the molecule is CCC1CNC2(CCCC2)CN1C(C)c1ccc(Cl)s1. The van der Waals surface area contributed by atoms with Gasteiger partial charge in [-0.2, -0.15) is 0 Å². The molecular weight excluding hydrogens is 288 g/mol. The van der Waals surface area contributed by atoms with Crippen LogP contribution in [0.1, 0.15) is 56.9 Å². The minimum Gasteiger partial charge on any atom is -0.308 e. The van der Waals surface area contributed by atoms with Crippen LogP contribution in [0.15, 0.2) is 12.1 Å². The molecular formula is C16H25ClN2S. The van der Waals surface area contributed by atoms with Gasteiger partial charge < -0.3 is 5.32 Å². The summed E-state index contributed by atoms with van der Waals surface area (Å²) < 4.78 is 0.908. The molecule has 2 fully saturated rings. The molecule has 1 aliphatic heterocycles. The quantitative estimate of drug-likeness (QED) is 0.886. The van der Waals surface area contributed by atoms with Crippen molar-refractivity contribution < 1.29 is 0 Å². The Morgan fingerprint density at radius 1 is 1.45 bits per heavy atom. The predicted octanol–water partition coefficient (Wildman–Crippen LogP) is 4.46. The molecule has 0 radical (unpaired) electrons. The van der Waals surface area contributed by atoms with Gasteiger partial charge in [0, 0.05) is 35.6 Å². The third-order valence-corrected chi connectivity index (χ3v) is 6.60. The maximum Gasteiger partial charge on any atom is 0.0931 e. The molecule has 0 aromatic carbocycles. The molecule has 2 unspecified atom stereocenters. The second-order valence-electron chi connectivity index (χ2n) is 6.42. The number of piperazine rings is 1. The Hall–Kier alpha value is -0.0900. The molecule has 1 aliphatic carbocycles. The van der Waals surface area contributed by atoms with E-state index in [-0.39, 0.29) is 0 Å². The van der Waals surface area contributed by atoms with Crippen molar-refractivity contribution >= 4 is 22.9 Å². The van der Waals surface area contributed by atoms with Gasteiger partial charge in [0.05, 0.1) is 4.34 Å². The summed E-state index contributed by atoms with van der Waals surface area (Å²) in [6.07, 6.45) is 6.68. The van der Waals surface area contributed by atoms with E-state index in [9.17, 15) is 0 Å². The van der Waals surface area contributed by atoms with Crippen molar-refractivity contribution in [2.24, 2.45) is 0 Å². The third kappa shape index (κ3) is 2.78. The molecule has 1 spiro atoms. The number of hydrogen-bond donors (Lipinski definition) is 1. The van der Waals surface area contributed by atoms with E-state index in [0.29, 0.717) is 17.6 Å². The molecule has 2 heterocycles. The highest BCUT2D eigenvalue weighted by molar-refractivity contribution is 7.16. The second kappa shape index (κ2) is 5.96. The van der Waals surface area contributed by atoms with Crippen LogP contribution in [0.3, 0.4) is 0 Å². The Bertz CT molecular complexity index is 453. The lowest BCUT2D eigenvalue weighted by Crippen LogP contribution is -2.63. The summed E-state index contributed by atoms with van der Waals surface area (Å²) >= 11 is 7.86. The van der Waals surface area contributed by atoms with E-state index in [0.717, 1.165) is 10.9 Å². The van der Waals surface area contributed by atoms with Gasteiger partial charge in [-0.05, 0) is 38.3 Å². The van der Waals surface area contributed by atoms with Gasteiger partial charge in [0.2, 0.25) is 0 Å². The van der Waals surface area contributed by atoms with Gasteiger partial charge in [-0.25, -0.2) is 0 Å². The van der Waals surface area contributed by atoms with Crippen molar-refractivity contribution in [3.8, 4) is 0 Å². The lowest BCUT2D eigenvalue weighted by atomic mass is 9.90. The van der Waals surface area contributed by atoms with Gasteiger partial charge >= 0.3 is 0 Å². The molecule has 112 valence electrons. The van der Waals surface area contributed by atoms with Gasteiger partial charge in [-0.3, -0.25) is 4.90 Å². The minimum atomic E-state index is 0.390. The van der Waals surface area contributed by atoms with Crippen molar-refractivity contribution in [3.63, 3.8) is 0 Å². The van der Waals surface area contributed by atoms with Crippen LogP contribution in [-0.2, 0) is 0 Å². The first-order valence-electron chi connectivity index (χ1n) is 7.89. The summed E-state index contributed by atoms with van der Waals surface area (Å²) in [7, 11) is 0. The Kier molecular flexibility index (Phi) is 4.42. The van der Waals surface area contributed by atoms with E-state index < -0.39 is 0 Å². The second-order valence-corrected chi connectivity index (χ2v) is 8.17. The smallest absolute Gasteiger partial charge is 0.0931 e. The van der Waals surface area contributed by atoms with Crippen LogP contribution in [0.5, 0.6) is 0 Å². The van der Waals surface area contributed by atoms with Gasteiger partial charge in [0.1, 0.15) is 0 Å². The molecule has 1 saturated carbocycles. The molecule has 1 saturated heterocycles. The first-order chi connectivity index (χ1) is 9.63. The number of rotatable bonds is 3. The predicted molar refractivity (Wildman–Crippen MR) is 87.7 cm³/mol. The summed E-state index contributed by atoms with van der Waals surface area (Å²) in [6, 6.07) is 5.37. The Balaban J connectivity index is 1.79. The topological polar surface area (TPSA) is 15.3 Å². The first-order valence-corrected chi connectivity index (χ1v) is 9.09. The lowest BCUT2D eigenvalue weighted by Gasteiger charge is -2.48. The van der Waals surface area contributed by atoms with Crippen LogP contribution < -0.4 is 5.32 Å². The monoisotopic (exact) mass is 312 g/mol. The summed E-state index contributed by atoms with van der Waals surface area (Å²) in [6.45, 7) is 6.99. The zero-order chi connectivity index (χ0) is 14.2. The Morgan fingerprint density at radius 3 is 2.80 bits per heavy atom. The third-order valence-electron chi connectivity index (χ3n) is 5.20. The fraction of sp³-hybridized carbons (Fsp3) is 0.750. The minimum absolute atomic E-state index is 0.390. The van der Waals surface area contributed by atoms with Crippen LogP contribution in [0.25, 0.3) is 0 Å². The zero-order valence-corrected chi connectivity index (χ0v) is 14.1. The van der Waals surface area contributed by atoms with Crippen LogP contribution >= 0.6 is 22.9 Å². The lowest BCUT2D eigenvalue weighted by molar-refractivity contribution is 0.0474.